The van der Waals surface area contributed by atoms with Crippen molar-refractivity contribution >= 4 is 12.0 Å². The number of rotatable bonds is 15. The summed E-state index contributed by atoms with van der Waals surface area (Å²) in [6.07, 6.45) is 21.6. The maximum Gasteiger partial charge on any atom is 0.336 e. The predicted octanol–water partition coefficient (Wildman–Crippen LogP) is 9.26. The second kappa shape index (κ2) is 16.2. The van der Waals surface area contributed by atoms with E-state index in [2.05, 4.69) is 19.1 Å². The van der Waals surface area contributed by atoms with Gasteiger partial charge in [-0.25, -0.2) is 4.79 Å². The second-order valence-corrected chi connectivity index (χ2v) is 9.90. The summed E-state index contributed by atoms with van der Waals surface area (Å²) in [5.41, 5.74) is 2.31. The van der Waals surface area contributed by atoms with E-state index in [1.165, 1.54) is 95.1 Å². The Kier molecular flexibility index (Phi) is 12.5. The van der Waals surface area contributed by atoms with Gasteiger partial charge >= 0.3 is 5.97 Å². The molecular formula is C32H44O3. The third-order valence-electron chi connectivity index (χ3n) is 6.98. The first-order chi connectivity index (χ1) is 17.2. The molecule has 3 rings (SSSR count). The number of esters is 1. The van der Waals surface area contributed by atoms with E-state index in [-0.39, 0.29) is 5.97 Å². The van der Waals surface area contributed by atoms with Gasteiger partial charge in [0.15, 0.2) is 0 Å². The van der Waals surface area contributed by atoms with Crippen molar-refractivity contribution in [2.24, 2.45) is 0 Å². The van der Waals surface area contributed by atoms with Gasteiger partial charge in [0.25, 0.3) is 0 Å². The Morgan fingerprint density at radius 2 is 1.37 bits per heavy atom. The van der Waals surface area contributed by atoms with Gasteiger partial charge in [-0.3, -0.25) is 0 Å². The van der Waals surface area contributed by atoms with Crippen LogP contribution in [0.4, 0.5) is 0 Å². The number of carbonyl (C=O) groups is 1. The SMILES string of the molecule is CCCCCCCCCCCOc1ccc(C=CC(=O)Oc2ccc(C3CCCCC3)cc2)cc1. The number of hydrogen-bond donors (Lipinski definition) is 0. The van der Waals surface area contributed by atoms with Gasteiger partial charge in [-0.15, -0.1) is 0 Å². The molecule has 0 amide bonds. The van der Waals surface area contributed by atoms with Crippen LogP contribution in [0, 0.1) is 0 Å². The summed E-state index contributed by atoms with van der Waals surface area (Å²) in [5, 5.41) is 0. The monoisotopic (exact) mass is 476 g/mol. The molecule has 0 aliphatic heterocycles. The Hall–Kier alpha value is -2.55. The first-order valence-electron chi connectivity index (χ1n) is 14.0. The van der Waals surface area contributed by atoms with Crippen LogP contribution in [-0.2, 0) is 4.79 Å². The number of hydrogen-bond acceptors (Lipinski definition) is 3. The summed E-state index contributed by atoms with van der Waals surface area (Å²) in [4.78, 5) is 12.2. The lowest BCUT2D eigenvalue weighted by Gasteiger charge is -2.21. The van der Waals surface area contributed by atoms with Crippen molar-refractivity contribution in [2.45, 2.75) is 103 Å². The minimum Gasteiger partial charge on any atom is -0.494 e. The number of unbranched alkanes of at least 4 members (excludes halogenated alkanes) is 8. The van der Waals surface area contributed by atoms with Gasteiger partial charge in [0.2, 0.25) is 0 Å². The van der Waals surface area contributed by atoms with Crippen LogP contribution in [-0.4, -0.2) is 12.6 Å². The minimum absolute atomic E-state index is 0.360. The van der Waals surface area contributed by atoms with E-state index < -0.39 is 0 Å². The summed E-state index contributed by atoms with van der Waals surface area (Å²) in [6, 6.07) is 15.9. The normalized spacial score (nSPS) is 14.3. The van der Waals surface area contributed by atoms with Gasteiger partial charge in [-0.2, -0.15) is 0 Å². The summed E-state index contributed by atoms with van der Waals surface area (Å²) < 4.78 is 11.3. The molecule has 0 atom stereocenters. The Bertz CT molecular complexity index is 861. The van der Waals surface area contributed by atoms with Crippen LogP contribution < -0.4 is 9.47 Å². The number of benzene rings is 2. The highest BCUT2D eigenvalue weighted by Gasteiger charge is 2.15. The Balaban J connectivity index is 1.30. The third-order valence-corrected chi connectivity index (χ3v) is 6.98. The molecule has 0 unspecified atom stereocenters. The van der Waals surface area contributed by atoms with Crippen molar-refractivity contribution < 1.29 is 14.3 Å². The lowest BCUT2D eigenvalue weighted by atomic mass is 9.84. The van der Waals surface area contributed by atoms with Gasteiger partial charge < -0.3 is 9.47 Å². The molecule has 1 aliphatic rings. The van der Waals surface area contributed by atoms with Gasteiger partial charge in [0.05, 0.1) is 6.61 Å². The van der Waals surface area contributed by atoms with Crippen molar-refractivity contribution in [1.82, 2.24) is 0 Å². The zero-order valence-electron chi connectivity index (χ0n) is 21.7. The smallest absolute Gasteiger partial charge is 0.336 e. The van der Waals surface area contributed by atoms with E-state index in [0.717, 1.165) is 24.3 Å². The standard InChI is InChI=1S/C32H44O3/c1-2-3-4-5-6-7-8-9-13-26-34-30-21-16-27(17-22-30)18-25-32(33)35-31-23-19-29(20-24-31)28-14-11-10-12-15-28/h16-25,28H,2-15,26H2,1H3. The van der Waals surface area contributed by atoms with Crippen molar-refractivity contribution in [1.29, 1.82) is 0 Å². The van der Waals surface area contributed by atoms with Crippen LogP contribution in [0.2, 0.25) is 0 Å². The van der Waals surface area contributed by atoms with Gasteiger partial charge in [-0.1, -0.05) is 102 Å². The van der Waals surface area contributed by atoms with E-state index >= 15 is 0 Å². The van der Waals surface area contributed by atoms with Crippen molar-refractivity contribution in [2.75, 3.05) is 6.61 Å². The zero-order chi connectivity index (χ0) is 24.6. The topological polar surface area (TPSA) is 35.5 Å². The van der Waals surface area contributed by atoms with Crippen LogP contribution in [0.3, 0.4) is 0 Å². The molecule has 2 aromatic carbocycles. The molecule has 35 heavy (non-hydrogen) atoms. The lowest BCUT2D eigenvalue weighted by Crippen LogP contribution is -2.06. The maximum atomic E-state index is 12.2. The fraction of sp³-hybridized carbons (Fsp3) is 0.531. The van der Waals surface area contributed by atoms with Crippen molar-refractivity contribution in [3.8, 4) is 11.5 Å². The van der Waals surface area contributed by atoms with Crippen molar-refractivity contribution in [3.05, 3.63) is 65.7 Å². The summed E-state index contributed by atoms with van der Waals surface area (Å²) in [6.45, 7) is 3.02. The highest BCUT2D eigenvalue weighted by Crippen LogP contribution is 2.33. The fourth-order valence-corrected chi connectivity index (χ4v) is 4.84. The molecule has 2 aromatic rings. The van der Waals surface area contributed by atoms with E-state index in [4.69, 9.17) is 9.47 Å². The summed E-state index contributed by atoms with van der Waals surface area (Å²) in [7, 11) is 0. The quantitative estimate of drug-likeness (QED) is 0.111. The van der Waals surface area contributed by atoms with Gasteiger partial charge in [-0.05, 0) is 66.6 Å². The molecule has 0 aromatic heterocycles. The molecule has 0 bridgehead atoms. The molecule has 1 aliphatic carbocycles. The highest BCUT2D eigenvalue weighted by atomic mass is 16.5. The number of carbonyl (C=O) groups excluding carboxylic acids is 1. The van der Waals surface area contributed by atoms with Gasteiger partial charge in [0.1, 0.15) is 11.5 Å². The van der Waals surface area contributed by atoms with E-state index in [1.54, 1.807) is 6.08 Å². The molecule has 190 valence electrons. The molecular weight excluding hydrogens is 432 g/mol. The highest BCUT2D eigenvalue weighted by molar-refractivity contribution is 5.88. The predicted molar refractivity (Wildman–Crippen MR) is 146 cm³/mol. The average Bonchev–Trinajstić information content (AvgIpc) is 2.90. The van der Waals surface area contributed by atoms with E-state index in [1.807, 2.05) is 36.4 Å². The molecule has 0 radical (unpaired) electrons. The first-order valence-corrected chi connectivity index (χ1v) is 14.0. The third kappa shape index (κ3) is 10.7. The van der Waals surface area contributed by atoms with Crippen LogP contribution >= 0.6 is 0 Å². The molecule has 1 fully saturated rings. The van der Waals surface area contributed by atoms with Crippen LogP contribution in [0.1, 0.15) is 114 Å². The lowest BCUT2D eigenvalue weighted by molar-refractivity contribution is -0.128. The Morgan fingerprint density at radius 3 is 2.03 bits per heavy atom. The molecule has 0 heterocycles. The van der Waals surface area contributed by atoms with Crippen LogP contribution in [0.25, 0.3) is 6.08 Å². The first kappa shape index (κ1) is 27.0. The van der Waals surface area contributed by atoms with E-state index in [0.29, 0.717) is 11.7 Å². The number of ether oxygens (including phenoxy) is 2. The van der Waals surface area contributed by atoms with E-state index in [9.17, 15) is 4.79 Å². The molecule has 0 spiro atoms. The fourth-order valence-electron chi connectivity index (χ4n) is 4.84. The Labute approximate surface area is 212 Å². The molecule has 0 saturated heterocycles. The van der Waals surface area contributed by atoms with Crippen molar-refractivity contribution in [3.63, 3.8) is 0 Å². The zero-order valence-corrected chi connectivity index (χ0v) is 21.7. The molecule has 3 nitrogen and oxygen atoms in total. The average molecular weight is 477 g/mol. The molecule has 1 saturated carbocycles. The second-order valence-electron chi connectivity index (χ2n) is 9.90. The molecule has 3 heteroatoms. The van der Waals surface area contributed by atoms with Gasteiger partial charge in [0, 0.05) is 6.08 Å². The Morgan fingerprint density at radius 1 is 0.771 bits per heavy atom. The largest absolute Gasteiger partial charge is 0.494 e. The van der Waals surface area contributed by atoms with Crippen LogP contribution in [0.15, 0.2) is 54.6 Å². The maximum absolute atomic E-state index is 12.2. The van der Waals surface area contributed by atoms with Crippen LogP contribution in [0.5, 0.6) is 11.5 Å². The summed E-state index contributed by atoms with van der Waals surface area (Å²) in [5.74, 6) is 1.77. The molecule has 0 N–H and O–H groups in total. The summed E-state index contributed by atoms with van der Waals surface area (Å²) >= 11 is 0. The minimum atomic E-state index is -0.360.